The third-order valence-corrected chi connectivity index (χ3v) is 3.44. The van der Waals surface area contributed by atoms with E-state index in [0.717, 1.165) is 19.4 Å². The van der Waals surface area contributed by atoms with Crippen molar-refractivity contribution in [3.05, 3.63) is 0 Å². The number of piperazine rings is 1. The summed E-state index contributed by atoms with van der Waals surface area (Å²) in [5.41, 5.74) is 0. The summed E-state index contributed by atoms with van der Waals surface area (Å²) in [6, 6.07) is -0.0448. The first-order chi connectivity index (χ1) is 8.16. The summed E-state index contributed by atoms with van der Waals surface area (Å²) in [6.07, 6.45) is -0.341. The lowest BCUT2D eigenvalue weighted by Gasteiger charge is -2.35. The maximum absolute atomic E-state index is 12.2. The molecule has 2 aliphatic rings. The number of halogens is 3. The molecule has 2 aliphatic heterocycles. The smallest absolute Gasteiger partial charge is 0.251 e. The quantitative estimate of drug-likeness (QED) is 0.823. The zero-order valence-electron chi connectivity index (χ0n) is 10.3. The van der Waals surface area contributed by atoms with Crippen LogP contribution in [0.1, 0.15) is 12.8 Å². The summed E-state index contributed by atoms with van der Waals surface area (Å²) < 4.78 is 24.4. The second-order valence-electron chi connectivity index (χ2n) is 4.67. The van der Waals surface area contributed by atoms with E-state index in [2.05, 4.69) is 5.32 Å². The average Bonchev–Trinajstić information content (AvgIpc) is 2.82. The Hall–Kier alpha value is -0.460. The van der Waals surface area contributed by atoms with Gasteiger partial charge in [-0.15, -0.1) is 12.4 Å². The molecule has 106 valence electrons. The zero-order valence-corrected chi connectivity index (χ0v) is 11.1. The first kappa shape index (κ1) is 15.6. The van der Waals surface area contributed by atoms with Crippen LogP contribution >= 0.6 is 12.4 Å². The van der Waals surface area contributed by atoms with E-state index >= 15 is 0 Å². The Labute approximate surface area is 112 Å². The van der Waals surface area contributed by atoms with Crippen molar-refractivity contribution >= 4 is 18.3 Å². The van der Waals surface area contributed by atoms with Gasteiger partial charge in [-0.25, -0.2) is 8.78 Å². The Morgan fingerprint density at radius 1 is 1.28 bits per heavy atom. The van der Waals surface area contributed by atoms with E-state index in [1.54, 1.807) is 9.80 Å². The van der Waals surface area contributed by atoms with Gasteiger partial charge < -0.3 is 10.2 Å². The van der Waals surface area contributed by atoms with E-state index in [9.17, 15) is 13.6 Å². The molecule has 2 rings (SSSR count). The topological polar surface area (TPSA) is 35.6 Å². The Morgan fingerprint density at radius 2 is 1.94 bits per heavy atom. The van der Waals surface area contributed by atoms with E-state index in [0.29, 0.717) is 26.2 Å². The van der Waals surface area contributed by atoms with Crippen LogP contribution in [0, 0.1) is 0 Å². The number of amides is 1. The molecule has 2 heterocycles. The number of nitrogens with one attached hydrogen (secondary N) is 1. The highest BCUT2D eigenvalue weighted by Crippen LogP contribution is 2.11. The van der Waals surface area contributed by atoms with Gasteiger partial charge in [-0.2, -0.15) is 0 Å². The summed E-state index contributed by atoms with van der Waals surface area (Å²) in [7, 11) is 0. The molecule has 0 saturated carbocycles. The number of nitrogens with zero attached hydrogens (tertiary/aromatic N) is 2. The van der Waals surface area contributed by atoms with Crippen LogP contribution in [0.15, 0.2) is 0 Å². The summed E-state index contributed by atoms with van der Waals surface area (Å²) in [5.74, 6) is 0.138. The van der Waals surface area contributed by atoms with Crippen LogP contribution in [0.3, 0.4) is 0 Å². The van der Waals surface area contributed by atoms with Crippen molar-refractivity contribution in [2.45, 2.75) is 25.3 Å². The average molecular weight is 284 g/mol. The van der Waals surface area contributed by atoms with Gasteiger partial charge in [0.05, 0.1) is 12.6 Å². The highest BCUT2D eigenvalue weighted by molar-refractivity contribution is 5.85. The van der Waals surface area contributed by atoms with Crippen LogP contribution in [0.4, 0.5) is 8.78 Å². The fourth-order valence-electron chi connectivity index (χ4n) is 2.46. The molecule has 1 N–H and O–H groups in total. The van der Waals surface area contributed by atoms with Gasteiger partial charge in [0.25, 0.3) is 6.43 Å². The molecule has 0 aromatic heterocycles. The molecule has 0 aromatic rings. The Bertz CT molecular complexity index is 267. The predicted octanol–water partition coefficient (Wildman–Crippen LogP) is 0.569. The van der Waals surface area contributed by atoms with Crippen molar-refractivity contribution < 1.29 is 13.6 Å². The van der Waals surface area contributed by atoms with Gasteiger partial charge in [0, 0.05) is 26.2 Å². The molecule has 18 heavy (non-hydrogen) atoms. The lowest BCUT2D eigenvalue weighted by Crippen LogP contribution is -2.53. The van der Waals surface area contributed by atoms with Crippen LogP contribution in [0.25, 0.3) is 0 Å². The molecule has 0 bridgehead atoms. The molecule has 0 aliphatic carbocycles. The minimum Gasteiger partial charge on any atom is -0.339 e. The van der Waals surface area contributed by atoms with Gasteiger partial charge in [0.1, 0.15) is 0 Å². The number of hydrogen-bond donors (Lipinski definition) is 1. The summed E-state index contributed by atoms with van der Waals surface area (Å²) in [6.45, 7) is 2.99. The van der Waals surface area contributed by atoms with E-state index in [1.165, 1.54) is 0 Å². The van der Waals surface area contributed by atoms with Crippen LogP contribution in [0.5, 0.6) is 0 Å². The molecule has 1 amide bonds. The van der Waals surface area contributed by atoms with Crippen LogP contribution in [-0.4, -0.2) is 67.4 Å². The molecule has 0 radical (unpaired) electrons. The number of carbonyl (C=O) groups is 1. The van der Waals surface area contributed by atoms with E-state index < -0.39 is 6.43 Å². The molecule has 7 heteroatoms. The highest BCUT2D eigenvalue weighted by atomic mass is 35.5. The lowest BCUT2D eigenvalue weighted by molar-refractivity contribution is -0.135. The summed E-state index contributed by atoms with van der Waals surface area (Å²) in [5, 5.41) is 3.17. The molecular formula is C11H20ClF2N3O. The SMILES string of the molecule is Cl.O=C(C1CCCN1)N1CCN(CC(F)F)CC1. The maximum atomic E-state index is 12.2. The zero-order chi connectivity index (χ0) is 12.3. The normalized spacial score (nSPS) is 25.3. The predicted molar refractivity (Wildman–Crippen MR) is 67.3 cm³/mol. The van der Waals surface area contributed by atoms with Gasteiger partial charge in [0.2, 0.25) is 5.91 Å². The fraction of sp³-hybridized carbons (Fsp3) is 0.909. The number of rotatable bonds is 3. The van der Waals surface area contributed by atoms with E-state index in [4.69, 9.17) is 0 Å². The second kappa shape index (κ2) is 7.21. The molecule has 0 spiro atoms. The van der Waals surface area contributed by atoms with Crippen molar-refractivity contribution in [3.8, 4) is 0 Å². The maximum Gasteiger partial charge on any atom is 0.251 e. The van der Waals surface area contributed by atoms with Gasteiger partial charge >= 0.3 is 0 Å². The molecule has 1 unspecified atom stereocenters. The molecule has 2 saturated heterocycles. The van der Waals surface area contributed by atoms with Crippen molar-refractivity contribution in [3.63, 3.8) is 0 Å². The van der Waals surface area contributed by atoms with Crippen molar-refractivity contribution in [1.29, 1.82) is 0 Å². The first-order valence-corrected chi connectivity index (χ1v) is 6.19. The van der Waals surface area contributed by atoms with Gasteiger partial charge in [-0.3, -0.25) is 9.69 Å². The number of carbonyl (C=O) groups excluding carboxylic acids is 1. The van der Waals surface area contributed by atoms with Crippen LogP contribution < -0.4 is 5.32 Å². The summed E-state index contributed by atoms with van der Waals surface area (Å²) >= 11 is 0. The van der Waals surface area contributed by atoms with E-state index in [-0.39, 0.29) is 30.9 Å². The standard InChI is InChI=1S/C11H19F2N3O.ClH/c12-10(13)8-15-4-6-16(7-5-15)11(17)9-2-1-3-14-9;/h9-10,14H,1-8H2;1H. The third-order valence-electron chi connectivity index (χ3n) is 3.44. The Kier molecular flexibility index (Phi) is 6.25. The lowest BCUT2D eigenvalue weighted by atomic mass is 10.2. The molecule has 4 nitrogen and oxygen atoms in total. The molecule has 1 atom stereocenters. The summed E-state index contributed by atoms with van der Waals surface area (Å²) in [4.78, 5) is 15.5. The minimum atomic E-state index is -2.28. The number of hydrogen-bond acceptors (Lipinski definition) is 3. The second-order valence-corrected chi connectivity index (χ2v) is 4.67. The monoisotopic (exact) mass is 283 g/mol. The number of alkyl halides is 2. The van der Waals surface area contributed by atoms with Crippen LogP contribution in [-0.2, 0) is 4.79 Å². The van der Waals surface area contributed by atoms with Crippen molar-refractivity contribution in [2.75, 3.05) is 39.3 Å². The fourth-order valence-corrected chi connectivity index (χ4v) is 2.46. The molecule has 2 fully saturated rings. The largest absolute Gasteiger partial charge is 0.339 e. The van der Waals surface area contributed by atoms with E-state index in [1.807, 2.05) is 0 Å². The van der Waals surface area contributed by atoms with Gasteiger partial charge in [0.15, 0.2) is 0 Å². The van der Waals surface area contributed by atoms with Gasteiger partial charge in [-0.1, -0.05) is 0 Å². The Morgan fingerprint density at radius 3 is 2.44 bits per heavy atom. The highest BCUT2D eigenvalue weighted by Gasteiger charge is 2.29. The third kappa shape index (κ3) is 4.03. The Balaban J connectivity index is 0.00000162. The van der Waals surface area contributed by atoms with Gasteiger partial charge in [-0.05, 0) is 19.4 Å². The molecular weight excluding hydrogens is 264 g/mol. The van der Waals surface area contributed by atoms with Crippen LogP contribution in [0.2, 0.25) is 0 Å². The first-order valence-electron chi connectivity index (χ1n) is 6.19. The minimum absolute atomic E-state index is 0. The van der Waals surface area contributed by atoms with Crippen molar-refractivity contribution in [2.24, 2.45) is 0 Å². The molecule has 0 aromatic carbocycles. The van der Waals surface area contributed by atoms with Crippen molar-refractivity contribution in [1.82, 2.24) is 15.1 Å².